The second kappa shape index (κ2) is 4.07. The van der Waals surface area contributed by atoms with Gasteiger partial charge >= 0.3 is 0 Å². The molecule has 0 aliphatic carbocycles. The van der Waals surface area contributed by atoms with Crippen molar-refractivity contribution in [2.45, 2.75) is 53.4 Å². The molecule has 0 aromatic carbocycles. The van der Waals surface area contributed by atoms with E-state index in [2.05, 4.69) is 0 Å². The van der Waals surface area contributed by atoms with Crippen molar-refractivity contribution < 1.29 is 9.84 Å². The van der Waals surface area contributed by atoms with Crippen molar-refractivity contribution in [1.29, 1.82) is 0 Å². The number of hydrogen-bond acceptors (Lipinski definition) is 1. The fraction of sp³-hybridized carbons (Fsp3) is 1.00. The van der Waals surface area contributed by atoms with E-state index in [9.17, 15) is 5.11 Å². The summed E-state index contributed by atoms with van der Waals surface area (Å²) in [4.78, 5) is 0. The van der Waals surface area contributed by atoms with E-state index in [0.29, 0.717) is 0 Å². The Morgan fingerprint density at radius 1 is 1.36 bits per heavy atom. The number of hydrogen-bond donors (Lipinski definition) is 0. The summed E-state index contributed by atoms with van der Waals surface area (Å²) in [6.07, 6.45) is 0.0728. The highest BCUT2D eigenvalue weighted by atomic mass is 16.6. The molecule has 67 valence electrons. The average Bonchev–Trinajstić information content (AvgIpc) is 1.85. The molecule has 2 atom stereocenters. The topological polar surface area (TPSA) is 29.1 Å². The van der Waals surface area contributed by atoms with E-state index in [-0.39, 0.29) is 11.5 Å². The van der Waals surface area contributed by atoms with Crippen LogP contribution in [0, 0.1) is 5.41 Å². The van der Waals surface area contributed by atoms with Crippen LogP contribution in [0.25, 0.3) is 0 Å². The van der Waals surface area contributed by atoms with Gasteiger partial charge in [-0.2, -0.15) is 0 Å². The zero-order valence-corrected chi connectivity index (χ0v) is 8.18. The van der Waals surface area contributed by atoms with Gasteiger partial charge in [-0.1, -0.05) is 27.7 Å². The second-order valence-electron chi connectivity index (χ2n) is 4.05. The summed E-state index contributed by atoms with van der Waals surface area (Å²) in [6.45, 7) is 9.63. The second-order valence-corrected chi connectivity index (χ2v) is 4.05. The molecule has 0 saturated heterocycles. The van der Waals surface area contributed by atoms with Gasteiger partial charge in [-0.05, 0) is 13.3 Å². The quantitative estimate of drug-likeness (QED) is 0.582. The molecular weight excluding hydrogens is 140 g/mol. The standard InChI is InChI=1S/C9H19O2/c1-6-7(2)11-8(10)9(3,4)5/h7-8H,6H2,1-5H3. The van der Waals surface area contributed by atoms with Gasteiger partial charge in [0.1, 0.15) is 0 Å². The molecule has 2 heteroatoms. The molecule has 0 saturated carbocycles. The summed E-state index contributed by atoms with van der Waals surface area (Å²) in [5.41, 5.74) is -0.288. The lowest BCUT2D eigenvalue weighted by Crippen LogP contribution is -2.30. The van der Waals surface area contributed by atoms with E-state index in [1.165, 1.54) is 0 Å². The summed E-state index contributed by atoms with van der Waals surface area (Å²) in [7, 11) is 0. The Morgan fingerprint density at radius 2 is 1.82 bits per heavy atom. The summed E-state index contributed by atoms with van der Waals surface area (Å²) in [5, 5.41) is 11.3. The highest BCUT2D eigenvalue weighted by Gasteiger charge is 2.25. The molecule has 11 heavy (non-hydrogen) atoms. The van der Waals surface area contributed by atoms with Gasteiger partial charge in [-0.15, -0.1) is 0 Å². The summed E-state index contributed by atoms with van der Waals surface area (Å²) in [5.74, 6) is 0. The van der Waals surface area contributed by atoms with E-state index >= 15 is 0 Å². The van der Waals surface area contributed by atoms with E-state index in [4.69, 9.17) is 4.74 Å². The van der Waals surface area contributed by atoms with Crippen LogP contribution in [-0.2, 0) is 9.84 Å². The number of rotatable bonds is 3. The van der Waals surface area contributed by atoms with Crippen LogP contribution in [0.15, 0.2) is 0 Å². The minimum Gasteiger partial charge on any atom is -0.346 e. The smallest absolute Gasteiger partial charge is 0.196 e. The molecular formula is C9H19O2. The first-order valence-electron chi connectivity index (χ1n) is 4.19. The third kappa shape index (κ3) is 4.38. The lowest BCUT2D eigenvalue weighted by atomic mass is 9.96. The molecule has 1 radical (unpaired) electrons. The third-order valence-electron chi connectivity index (χ3n) is 1.64. The van der Waals surface area contributed by atoms with Crippen LogP contribution in [-0.4, -0.2) is 12.4 Å². The lowest BCUT2D eigenvalue weighted by molar-refractivity contribution is -0.216. The van der Waals surface area contributed by atoms with Crippen molar-refractivity contribution in [2.24, 2.45) is 5.41 Å². The van der Waals surface area contributed by atoms with Crippen molar-refractivity contribution in [3.8, 4) is 0 Å². The first-order chi connectivity index (χ1) is 4.88. The predicted octanol–water partition coefficient (Wildman–Crippen LogP) is 2.60. The van der Waals surface area contributed by atoms with Gasteiger partial charge in [0.15, 0.2) is 6.29 Å². The van der Waals surface area contributed by atoms with Crippen molar-refractivity contribution in [3.63, 3.8) is 0 Å². The molecule has 0 rings (SSSR count). The maximum atomic E-state index is 11.3. The molecule has 0 N–H and O–H groups in total. The van der Waals surface area contributed by atoms with Gasteiger partial charge in [-0.3, -0.25) is 0 Å². The van der Waals surface area contributed by atoms with Gasteiger partial charge in [0.05, 0.1) is 6.10 Å². The molecule has 0 aliphatic heterocycles. The van der Waals surface area contributed by atoms with Crippen LogP contribution in [0.2, 0.25) is 0 Å². The van der Waals surface area contributed by atoms with Crippen molar-refractivity contribution in [3.05, 3.63) is 0 Å². The first-order valence-corrected chi connectivity index (χ1v) is 4.19. The molecule has 2 unspecified atom stereocenters. The normalized spacial score (nSPS) is 18.0. The summed E-state index contributed by atoms with van der Waals surface area (Å²) >= 11 is 0. The highest BCUT2D eigenvalue weighted by Crippen LogP contribution is 2.21. The van der Waals surface area contributed by atoms with Crippen molar-refractivity contribution >= 4 is 0 Å². The van der Waals surface area contributed by atoms with Crippen LogP contribution >= 0.6 is 0 Å². The Balaban J connectivity index is 3.77. The van der Waals surface area contributed by atoms with Gasteiger partial charge in [0, 0.05) is 5.41 Å². The largest absolute Gasteiger partial charge is 0.346 e. The molecule has 0 aromatic rings. The van der Waals surface area contributed by atoms with E-state index in [1.54, 1.807) is 0 Å². The molecule has 0 fully saturated rings. The minimum absolute atomic E-state index is 0.0803. The zero-order valence-electron chi connectivity index (χ0n) is 8.18. The van der Waals surface area contributed by atoms with E-state index in [0.717, 1.165) is 6.42 Å². The zero-order chi connectivity index (χ0) is 9.07. The van der Waals surface area contributed by atoms with Crippen molar-refractivity contribution in [2.75, 3.05) is 0 Å². The third-order valence-corrected chi connectivity index (χ3v) is 1.64. The average molecular weight is 159 g/mol. The molecule has 0 heterocycles. The van der Waals surface area contributed by atoms with Crippen LogP contribution in [0.3, 0.4) is 0 Å². The van der Waals surface area contributed by atoms with E-state index in [1.807, 2.05) is 34.6 Å². The van der Waals surface area contributed by atoms with Crippen molar-refractivity contribution in [1.82, 2.24) is 0 Å². The SMILES string of the molecule is CCC(C)OC([O])C(C)(C)C. The first kappa shape index (κ1) is 10.9. The number of ether oxygens (including phenoxy) is 1. The van der Waals surface area contributed by atoms with Gasteiger partial charge in [-0.25, -0.2) is 5.11 Å². The Morgan fingerprint density at radius 3 is 2.09 bits per heavy atom. The van der Waals surface area contributed by atoms with Crippen LogP contribution in [0.1, 0.15) is 41.0 Å². The molecule has 0 amide bonds. The van der Waals surface area contributed by atoms with Gasteiger partial charge < -0.3 is 4.74 Å². The van der Waals surface area contributed by atoms with Crippen LogP contribution < -0.4 is 0 Å². The molecule has 2 nitrogen and oxygen atoms in total. The molecule has 0 spiro atoms. The fourth-order valence-corrected chi connectivity index (χ4v) is 0.511. The highest BCUT2D eigenvalue weighted by molar-refractivity contribution is 4.65. The fourth-order valence-electron chi connectivity index (χ4n) is 0.511. The maximum Gasteiger partial charge on any atom is 0.196 e. The monoisotopic (exact) mass is 159 g/mol. The minimum atomic E-state index is -0.905. The molecule has 0 bridgehead atoms. The molecule has 0 aromatic heterocycles. The maximum absolute atomic E-state index is 11.3. The predicted molar refractivity (Wildman–Crippen MR) is 44.8 cm³/mol. The Bertz CT molecular complexity index is 105. The Hall–Kier alpha value is -0.0800. The van der Waals surface area contributed by atoms with Gasteiger partial charge in [0.25, 0.3) is 0 Å². The summed E-state index contributed by atoms with van der Waals surface area (Å²) in [6, 6.07) is 0. The molecule has 0 aliphatic rings. The summed E-state index contributed by atoms with van der Waals surface area (Å²) < 4.78 is 5.21. The Kier molecular flexibility index (Phi) is 4.04. The lowest BCUT2D eigenvalue weighted by Gasteiger charge is -2.26. The van der Waals surface area contributed by atoms with E-state index < -0.39 is 6.29 Å². The van der Waals surface area contributed by atoms with Crippen LogP contribution in [0.5, 0.6) is 0 Å². The van der Waals surface area contributed by atoms with Gasteiger partial charge in [0.2, 0.25) is 0 Å². The Labute approximate surface area is 69.6 Å². The van der Waals surface area contributed by atoms with Crippen LogP contribution in [0.4, 0.5) is 0 Å².